The van der Waals surface area contributed by atoms with E-state index in [2.05, 4.69) is 20.6 Å². The number of fused-ring (bicyclic) bond motifs is 1. The van der Waals surface area contributed by atoms with Gasteiger partial charge < -0.3 is 15.5 Å². The fourth-order valence-electron chi connectivity index (χ4n) is 4.47. The Morgan fingerprint density at radius 1 is 0.833 bits per heavy atom. The molecule has 0 atom stereocenters. The summed E-state index contributed by atoms with van der Waals surface area (Å²) in [5.41, 5.74) is -1.81. The molecule has 4 rings (SSSR count). The van der Waals surface area contributed by atoms with Gasteiger partial charge in [-0.25, -0.2) is 4.98 Å². The van der Waals surface area contributed by atoms with Crippen molar-refractivity contribution in [2.24, 2.45) is 0 Å². The minimum atomic E-state index is -4.85. The summed E-state index contributed by atoms with van der Waals surface area (Å²) in [5.74, 6) is 1.33. The molecule has 1 heterocycles. The summed E-state index contributed by atoms with van der Waals surface area (Å²) in [7, 11) is 3.83. The Balaban J connectivity index is 1.37. The Morgan fingerprint density at radius 3 is 2.00 bits per heavy atom. The van der Waals surface area contributed by atoms with Crippen LogP contribution in [0.1, 0.15) is 42.4 Å². The molecular weight excluding hydrogens is 484 g/mol. The molecule has 0 radical (unpaired) electrons. The number of hydrogen-bond acceptors (Lipinski definition) is 5. The Hall–Kier alpha value is -3.08. The number of aromatic nitrogens is 2. The van der Waals surface area contributed by atoms with Gasteiger partial charge in [0.25, 0.3) is 0 Å². The SMILES string of the molecule is CN(C)c1nc(N[C@H]2CC[C@@H](NCc3cc(C(F)(F)F)cc(C(F)(F)F)c3)CC2)nc2ccccc12. The van der Waals surface area contributed by atoms with Gasteiger partial charge in [0.15, 0.2) is 0 Å². The molecule has 3 aromatic rings. The summed E-state index contributed by atoms with van der Waals surface area (Å²) in [6.07, 6.45) is -6.73. The zero-order valence-electron chi connectivity index (χ0n) is 19.8. The van der Waals surface area contributed by atoms with E-state index < -0.39 is 23.5 Å². The van der Waals surface area contributed by atoms with Crippen LogP contribution in [0.5, 0.6) is 0 Å². The molecule has 194 valence electrons. The van der Waals surface area contributed by atoms with Crippen molar-refractivity contribution in [1.82, 2.24) is 15.3 Å². The first-order valence-electron chi connectivity index (χ1n) is 11.6. The van der Waals surface area contributed by atoms with Gasteiger partial charge in [-0.3, -0.25) is 0 Å². The maximum Gasteiger partial charge on any atom is 0.416 e. The van der Waals surface area contributed by atoms with Crippen LogP contribution in [0.15, 0.2) is 42.5 Å². The summed E-state index contributed by atoms with van der Waals surface area (Å²) < 4.78 is 78.6. The number of para-hydroxylation sites is 1. The highest BCUT2D eigenvalue weighted by atomic mass is 19.4. The highest BCUT2D eigenvalue weighted by molar-refractivity contribution is 5.90. The quantitative estimate of drug-likeness (QED) is 0.384. The largest absolute Gasteiger partial charge is 0.416 e. The molecule has 0 amide bonds. The Labute approximate surface area is 204 Å². The van der Waals surface area contributed by atoms with Gasteiger partial charge in [-0.15, -0.1) is 0 Å². The lowest BCUT2D eigenvalue weighted by Gasteiger charge is -2.30. The average Bonchev–Trinajstić information content (AvgIpc) is 2.82. The van der Waals surface area contributed by atoms with Crippen molar-refractivity contribution >= 4 is 22.7 Å². The van der Waals surface area contributed by atoms with E-state index >= 15 is 0 Å². The second-order valence-corrected chi connectivity index (χ2v) is 9.27. The number of rotatable bonds is 6. The number of anilines is 2. The van der Waals surface area contributed by atoms with Crippen molar-refractivity contribution in [3.8, 4) is 0 Å². The van der Waals surface area contributed by atoms with Crippen molar-refractivity contribution < 1.29 is 26.3 Å². The molecule has 1 aliphatic carbocycles. The molecule has 1 saturated carbocycles. The minimum Gasteiger partial charge on any atom is -0.362 e. The number of nitrogens with zero attached hydrogens (tertiary/aromatic N) is 3. The van der Waals surface area contributed by atoms with Crippen LogP contribution in [-0.2, 0) is 18.9 Å². The first-order valence-corrected chi connectivity index (χ1v) is 11.6. The molecule has 11 heteroatoms. The fourth-order valence-corrected chi connectivity index (χ4v) is 4.47. The Bertz CT molecular complexity index is 1170. The van der Waals surface area contributed by atoms with E-state index in [1.807, 2.05) is 43.3 Å². The third-order valence-corrected chi connectivity index (χ3v) is 6.31. The van der Waals surface area contributed by atoms with E-state index in [0.29, 0.717) is 5.95 Å². The smallest absolute Gasteiger partial charge is 0.362 e. The maximum absolute atomic E-state index is 13.1. The molecule has 0 spiro atoms. The standard InChI is InChI=1S/C25H27F6N5/c1-36(2)22-20-5-3-4-6-21(20)34-23(35-22)33-19-9-7-18(8-10-19)32-14-15-11-16(24(26,27)28)13-17(12-15)25(29,30)31/h3-6,11-13,18-19,32H,7-10,14H2,1-2H3,(H,33,34,35)/t18-,19+. The lowest BCUT2D eigenvalue weighted by atomic mass is 9.91. The molecule has 1 aromatic heterocycles. The lowest BCUT2D eigenvalue weighted by molar-refractivity contribution is -0.143. The number of alkyl halides is 6. The monoisotopic (exact) mass is 511 g/mol. The normalized spacial score (nSPS) is 18.9. The van der Waals surface area contributed by atoms with Crippen LogP contribution in [0.2, 0.25) is 0 Å². The van der Waals surface area contributed by atoms with Gasteiger partial charge >= 0.3 is 12.4 Å². The van der Waals surface area contributed by atoms with Crippen LogP contribution >= 0.6 is 0 Å². The predicted molar refractivity (Wildman–Crippen MR) is 127 cm³/mol. The minimum absolute atomic E-state index is 0.0122. The molecule has 2 aromatic carbocycles. The fraction of sp³-hybridized carbons (Fsp3) is 0.440. The number of hydrogen-bond donors (Lipinski definition) is 2. The molecule has 0 unspecified atom stereocenters. The molecule has 1 fully saturated rings. The van der Waals surface area contributed by atoms with Gasteiger partial charge in [-0.2, -0.15) is 31.3 Å². The van der Waals surface area contributed by atoms with Crippen molar-refractivity contribution in [2.45, 2.75) is 56.7 Å². The first-order chi connectivity index (χ1) is 16.9. The van der Waals surface area contributed by atoms with Gasteiger partial charge in [0.1, 0.15) is 5.82 Å². The third kappa shape index (κ3) is 6.18. The Morgan fingerprint density at radius 2 is 1.42 bits per heavy atom. The molecule has 36 heavy (non-hydrogen) atoms. The molecule has 2 N–H and O–H groups in total. The molecule has 5 nitrogen and oxygen atoms in total. The van der Waals surface area contributed by atoms with Crippen LogP contribution in [0.25, 0.3) is 10.9 Å². The highest BCUT2D eigenvalue weighted by Crippen LogP contribution is 2.36. The van der Waals surface area contributed by atoms with E-state index in [-0.39, 0.29) is 30.3 Å². The van der Waals surface area contributed by atoms with Crippen LogP contribution in [0.4, 0.5) is 38.1 Å². The number of nitrogens with one attached hydrogen (secondary N) is 2. The summed E-state index contributed by atoms with van der Waals surface area (Å²) in [4.78, 5) is 11.2. The zero-order chi connectivity index (χ0) is 26.1. The number of halogens is 6. The molecular formula is C25H27F6N5. The van der Waals surface area contributed by atoms with E-state index in [1.165, 1.54) is 0 Å². The molecule has 1 aliphatic rings. The van der Waals surface area contributed by atoms with E-state index in [0.717, 1.165) is 54.5 Å². The van der Waals surface area contributed by atoms with Gasteiger partial charge in [0.05, 0.1) is 16.6 Å². The highest BCUT2D eigenvalue weighted by Gasteiger charge is 2.37. The van der Waals surface area contributed by atoms with E-state index in [9.17, 15) is 26.3 Å². The van der Waals surface area contributed by atoms with Crippen molar-refractivity contribution in [3.63, 3.8) is 0 Å². The second kappa shape index (κ2) is 10.1. The summed E-state index contributed by atoms with van der Waals surface area (Å²) >= 11 is 0. The lowest BCUT2D eigenvalue weighted by Crippen LogP contribution is -2.37. The van der Waals surface area contributed by atoms with Crippen molar-refractivity contribution in [1.29, 1.82) is 0 Å². The molecule has 0 bridgehead atoms. The van der Waals surface area contributed by atoms with Gasteiger partial charge in [0, 0.05) is 38.1 Å². The van der Waals surface area contributed by atoms with Crippen molar-refractivity contribution in [3.05, 3.63) is 59.2 Å². The van der Waals surface area contributed by atoms with E-state index in [1.54, 1.807) is 0 Å². The molecule has 0 aliphatic heterocycles. The Kier molecular flexibility index (Phi) is 7.31. The summed E-state index contributed by atoms with van der Waals surface area (Å²) in [6, 6.07) is 9.54. The first kappa shape index (κ1) is 26.0. The van der Waals surface area contributed by atoms with Gasteiger partial charge in [0.2, 0.25) is 5.95 Å². The van der Waals surface area contributed by atoms with Gasteiger partial charge in [-0.05, 0) is 61.6 Å². The number of benzene rings is 2. The van der Waals surface area contributed by atoms with Crippen LogP contribution in [0, 0.1) is 0 Å². The van der Waals surface area contributed by atoms with Crippen LogP contribution < -0.4 is 15.5 Å². The average molecular weight is 512 g/mol. The van der Waals surface area contributed by atoms with Gasteiger partial charge in [-0.1, -0.05) is 12.1 Å². The van der Waals surface area contributed by atoms with Crippen LogP contribution in [0.3, 0.4) is 0 Å². The third-order valence-electron chi connectivity index (χ3n) is 6.31. The topological polar surface area (TPSA) is 53.1 Å². The summed E-state index contributed by atoms with van der Waals surface area (Å²) in [6.45, 7) is -0.0737. The maximum atomic E-state index is 13.1. The van der Waals surface area contributed by atoms with Crippen LogP contribution in [-0.4, -0.2) is 36.1 Å². The second-order valence-electron chi connectivity index (χ2n) is 9.27. The van der Waals surface area contributed by atoms with E-state index in [4.69, 9.17) is 0 Å². The molecule has 0 saturated heterocycles. The van der Waals surface area contributed by atoms with Crippen molar-refractivity contribution in [2.75, 3.05) is 24.3 Å². The summed E-state index contributed by atoms with van der Waals surface area (Å²) in [5, 5.41) is 7.46. The zero-order valence-corrected chi connectivity index (χ0v) is 19.8. The predicted octanol–water partition coefficient (Wildman–Crippen LogP) is 6.25.